The lowest BCUT2D eigenvalue weighted by molar-refractivity contribution is 0.0928. The number of furan rings is 1. The fourth-order valence-electron chi connectivity index (χ4n) is 5.83. The number of para-hydroxylation sites is 1. The molecule has 34 heavy (non-hydrogen) atoms. The first kappa shape index (κ1) is 21.4. The fourth-order valence-corrected chi connectivity index (χ4v) is 6.08. The van der Waals surface area contributed by atoms with Crippen molar-refractivity contribution in [2.24, 2.45) is 0 Å². The second kappa shape index (κ2) is 8.24. The summed E-state index contributed by atoms with van der Waals surface area (Å²) in [6, 6.07) is 11.7. The Bertz CT molecular complexity index is 1290. The Labute approximate surface area is 202 Å². The van der Waals surface area contributed by atoms with Gasteiger partial charge in [0.25, 0.3) is 5.91 Å². The first-order chi connectivity index (χ1) is 16.5. The Morgan fingerprint density at radius 3 is 2.85 bits per heavy atom. The molecule has 1 aliphatic carbocycles. The zero-order chi connectivity index (χ0) is 23.3. The minimum absolute atomic E-state index is 0.247. The molecule has 0 radical (unpaired) electrons. The molecule has 3 heterocycles. The average Bonchev–Trinajstić information content (AvgIpc) is 3.44. The molecule has 0 saturated heterocycles. The van der Waals surface area contributed by atoms with Crippen molar-refractivity contribution >= 4 is 45.9 Å². The maximum Gasteiger partial charge on any atom is 0.319 e. The molecule has 3 aromatic rings. The molecule has 176 valence electrons. The van der Waals surface area contributed by atoms with Gasteiger partial charge in [-0.1, -0.05) is 49.1 Å². The molecule has 6 rings (SSSR count). The van der Waals surface area contributed by atoms with E-state index in [1.807, 2.05) is 6.07 Å². The standard InChI is InChI=1S/C26H27ClN4O3/c27-18-14-17-15-20(24(32)28-11-13-31-12-8-16-6-2-3-7-19(16)31)34-23(17)21-22(18)29-25(33)30-26(21)9-4-1-5-10-26/h2-3,6-7,14-15H,1,4-5,8-13H2,(H,28,32)(H2,29,30,33). The van der Waals surface area contributed by atoms with Crippen LogP contribution in [0.15, 0.2) is 40.8 Å². The van der Waals surface area contributed by atoms with E-state index in [1.165, 1.54) is 11.3 Å². The van der Waals surface area contributed by atoms with E-state index in [1.54, 1.807) is 12.1 Å². The van der Waals surface area contributed by atoms with E-state index in [2.05, 4.69) is 39.0 Å². The van der Waals surface area contributed by atoms with E-state index >= 15 is 0 Å². The number of hydrogen-bond donors (Lipinski definition) is 3. The zero-order valence-corrected chi connectivity index (χ0v) is 19.6. The van der Waals surface area contributed by atoms with Crippen molar-refractivity contribution in [3.8, 4) is 0 Å². The lowest BCUT2D eigenvalue weighted by Gasteiger charge is -2.42. The smallest absolute Gasteiger partial charge is 0.319 e. The van der Waals surface area contributed by atoms with Crippen LogP contribution in [-0.2, 0) is 12.0 Å². The molecule has 0 atom stereocenters. The Morgan fingerprint density at radius 2 is 2.00 bits per heavy atom. The largest absolute Gasteiger partial charge is 0.450 e. The van der Waals surface area contributed by atoms with E-state index in [-0.39, 0.29) is 17.7 Å². The van der Waals surface area contributed by atoms with Crippen LogP contribution in [0.2, 0.25) is 5.02 Å². The van der Waals surface area contributed by atoms with Crippen LogP contribution in [-0.4, -0.2) is 31.6 Å². The third-order valence-corrected chi connectivity index (χ3v) is 7.71. The van der Waals surface area contributed by atoms with Gasteiger partial charge in [0.15, 0.2) is 5.76 Å². The number of benzene rings is 2. The Hall–Kier alpha value is -3.19. The molecule has 1 aromatic heterocycles. The molecular formula is C26H27ClN4O3. The molecule has 7 nitrogen and oxygen atoms in total. The molecule has 3 aliphatic rings. The molecule has 1 saturated carbocycles. The molecule has 3 amide bonds. The quantitative estimate of drug-likeness (QED) is 0.482. The normalized spacial score (nSPS) is 18.4. The van der Waals surface area contributed by atoms with Crippen LogP contribution in [0.3, 0.4) is 0 Å². The van der Waals surface area contributed by atoms with Gasteiger partial charge in [-0.15, -0.1) is 0 Å². The van der Waals surface area contributed by atoms with Gasteiger partial charge in [-0.3, -0.25) is 4.79 Å². The van der Waals surface area contributed by atoms with E-state index < -0.39 is 5.54 Å². The molecular weight excluding hydrogens is 452 g/mol. The van der Waals surface area contributed by atoms with Crippen molar-refractivity contribution < 1.29 is 14.0 Å². The number of carbonyl (C=O) groups excluding carboxylic acids is 2. The number of amides is 3. The zero-order valence-electron chi connectivity index (χ0n) is 18.9. The maximum atomic E-state index is 13.0. The Balaban J connectivity index is 1.25. The first-order valence-electron chi connectivity index (χ1n) is 12.0. The van der Waals surface area contributed by atoms with Crippen LogP contribution in [0.25, 0.3) is 11.0 Å². The summed E-state index contributed by atoms with van der Waals surface area (Å²) in [6.45, 7) is 2.22. The monoisotopic (exact) mass is 478 g/mol. The summed E-state index contributed by atoms with van der Waals surface area (Å²) < 4.78 is 6.15. The van der Waals surface area contributed by atoms with Gasteiger partial charge in [-0.25, -0.2) is 4.79 Å². The second-order valence-electron chi connectivity index (χ2n) is 9.48. The molecule has 8 heteroatoms. The number of carbonyl (C=O) groups is 2. The van der Waals surface area contributed by atoms with Gasteiger partial charge in [-0.2, -0.15) is 0 Å². The van der Waals surface area contributed by atoms with Crippen LogP contribution in [0.5, 0.6) is 0 Å². The molecule has 1 spiro atoms. The predicted molar refractivity (Wildman–Crippen MR) is 133 cm³/mol. The highest BCUT2D eigenvalue weighted by Crippen LogP contribution is 2.48. The fraction of sp³-hybridized carbons (Fsp3) is 0.385. The summed E-state index contributed by atoms with van der Waals surface area (Å²) in [5, 5.41) is 10.2. The van der Waals surface area contributed by atoms with Crippen molar-refractivity contribution in [1.29, 1.82) is 0 Å². The SMILES string of the molecule is O=C1Nc2c(Cl)cc3cc(C(=O)NCCN4CCc5ccccc54)oc3c2C2(CCCCC2)N1. The summed E-state index contributed by atoms with van der Waals surface area (Å²) in [7, 11) is 0. The number of fused-ring (bicyclic) bond motifs is 5. The van der Waals surface area contributed by atoms with Crippen LogP contribution < -0.4 is 20.9 Å². The van der Waals surface area contributed by atoms with Gasteiger partial charge in [0.1, 0.15) is 5.58 Å². The maximum absolute atomic E-state index is 13.0. The molecule has 0 unspecified atom stereocenters. The lowest BCUT2D eigenvalue weighted by atomic mass is 9.74. The van der Waals surface area contributed by atoms with Gasteiger partial charge in [0, 0.05) is 36.3 Å². The third-order valence-electron chi connectivity index (χ3n) is 7.41. The van der Waals surface area contributed by atoms with Gasteiger partial charge < -0.3 is 25.3 Å². The van der Waals surface area contributed by atoms with E-state index in [0.717, 1.165) is 62.6 Å². The van der Waals surface area contributed by atoms with Gasteiger partial charge in [0.05, 0.1) is 16.2 Å². The number of anilines is 2. The van der Waals surface area contributed by atoms with Crippen LogP contribution >= 0.6 is 11.6 Å². The lowest BCUT2D eigenvalue weighted by Crippen LogP contribution is -2.52. The molecule has 2 aromatic carbocycles. The summed E-state index contributed by atoms with van der Waals surface area (Å²) >= 11 is 6.59. The number of halogens is 1. The van der Waals surface area contributed by atoms with Crippen molar-refractivity contribution in [3.63, 3.8) is 0 Å². The van der Waals surface area contributed by atoms with E-state index in [4.69, 9.17) is 16.0 Å². The first-order valence-corrected chi connectivity index (χ1v) is 12.4. The summed E-state index contributed by atoms with van der Waals surface area (Å²) in [5.41, 5.74) is 4.15. The van der Waals surface area contributed by atoms with Crippen molar-refractivity contribution in [3.05, 3.63) is 58.3 Å². The Kier molecular flexibility index (Phi) is 5.17. The van der Waals surface area contributed by atoms with Crippen molar-refractivity contribution in [1.82, 2.24) is 10.6 Å². The molecule has 3 N–H and O–H groups in total. The topological polar surface area (TPSA) is 86.6 Å². The summed E-state index contributed by atoms with van der Waals surface area (Å²) in [4.78, 5) is 27.7. The van der Waals surface area contributed by atoms with E-state index in [9.17, 15) is 9.59 Å². The number of nitrogens with zero attached hydrogens (tertiary/aromatic N) is 1. The summed E-state index contributed by atoms with van der Waals surface area (Å²) in [6.07, 6.45) is 5.84. The number of rotatable bonds is 4. The summed E-state index contributed by atoms with van der Waals surface area (Å²) in [5.74, 6) is 0.00296. The number of urea groups is 1. The Morgan fingerprint density at radius 1 is 1.18 bits per heavy atom. The van der Waals surface area contributed by atoms with Crippen molar-refractivity contribution in [2.75, 3.05) is 29.9 Å². The minimum atomic E-state index is -0.520. The van der Waals surface area contributed by atoms with Crippen LogP contribution in [0, 0.1) is 0 Å². The van der Waals surface area contributed by atoms with Gasteiger partial charge in [0.2, 0.25) is 0 Å². The number of nitrogens with one attached hydrogen (secondary N) is 3. The highest BCUT2D eigenvalue weighted by atomic mass is 35.5. The highest BCUT2D eigenvalue weighted by molar-refractivity contribution is 6.35. The second-order valence-corrected chi connectivity index (χ2v) is 9.89. The average molecular weight is 479 g/mol. The molecule has 1 fully saturated rings. The minimum Gasteiger partial charge on any atom is -0.450 e. The third kappa shape index (κ3) is 3.50. The molecule has 2 aliphatic heterocycles. The molecule has 0 bridgehead atoms. The van der Waals surface area contributed by atoms with Crippen LogP contribution in [0.1, 0.15) is 53.8 Å². The highest BCUT2D eigenvalue weighted by Gasteiger charge is 2.43. The van der Waals surface area contributed by atoms with E-state index in [0.29, 0.717) is 22.8 Å². The van der Waals surface area contributed by atoms with Gasteiger partial charge in [-0.05, 0) is 43.0 Å². The van der Waals surface area contributed by atoms with Gasteiger partial charge >= 0.3 is 6.03 Å². The van der Waals surface area contributed by atoms with Crippen molar-refractivity contribution in [2.45, 2.75) is 44.1 Å². The van der Waals surface area contributed by atoms with Crippen LogP contribution in [0.4, 0.5) is 16.2 Å². The predicted octanol–water partition coefficient (Wildman–Crippen LogP) is 5.17. The number of hydrogen-bond acceptors (Lipinski definition) is 4.